The summed E-state index contributed by atoms with van der Waals surface area (Å²) in [5.41, 5.74) is 1.82. The zero-order valence-corrected chi connectivity index (χ0v) is 15.2. The molecule has 26 heavy (non-hydrogen) atoms. The number of carbonyl (C=O) groups is 1. The second-order valence-corrected chi connectivity index (χ2v) is 6.65. The van der Waals surface area contributed by atoms with E-state index >= 15 is 0 Å². The van der Waals surface area contributed by atoms with E-state index in [1.807, 2.05) is 71.3 Å². The van der Waals surface area contributed by atoms with Crippen LogP contribution in [0.3, 0.4) is 0 Å². The van der Waals surface area contributed by atoms with Gasteiger partial charge in [0.2, 0.25) is 5.91 Å². The Morgan fingerprint density at radius 1 is 1.08 bits per heavy atom. The second-order valence-electron chi connectivity index (χ2n) is 5.58. The molecule has 0 unspecified atom stereocenters. The van der Waals surface area contributed by atoms with Gasteiger partial charge in [-0.1, -0.05) is 66.4 Å². The van der Waals surface area contributed by atoms with Crippen molar-refractivity contribution in [2.45, 2.75) is 18.1 Å². The summed E-state index contributed by atoms with van der Waals surface area (Å²) in [4.78, 5) is 12.1. The van der Waals surface area contributed by atoms with Gasteiger partial charge in [0.1, 0.15) is 0 Å². The zero-order chi connectivity index (χ0) is 18.2. The van der Waals surface area contributed by atoms with E-state index < -0.39 is 0 Å². The zero-order valence-electron chi connectivity index (χ0n) is 14.3. The van der Waals surface area contributed by atoms with Crippen LogP contribution in [0.25, 0.3) is 11.4 Å². The van der Waals surface area contributed by atoms with Crippen molar-refractivity contribution in [3.8, 4) is 11.4 Å². The molecule has 0 saturated carbocycles. The van der Waals surface area contributed by atoms with Crippen molar-refractivity contribution in [3.05, 3.63) is 73.3 Å². The number of allylic oxidation sites excluding steroid dienone is 1. The van der Waals surface area contributed by atoms with E-state index in [4.69, 9.17) is 0 Å². The number of thioether (sulfide) groups is 1. The molecule has 0 spiro atoms. The summed E-state index contributed by atoms with van der Waals surface area (Å²) >= 11 is 1.52. The third-order valence-electron chi connectivity index (χ3n) is 3.68. The first-order chi connectivity index (χ1) is 12.8. The minimum atomic E-state index is -0.0123. The molecular formula is C20H20N4OS. The normalized spacial score (nSPS) is 10.5. The van der Waals surface area contributed by atoms with Gasteiger partial charge in [-0.25, -0.2) is 0 Å². The van der Waals surface area contributed by atoms with Crippen LogP contribution in [-0.4, -0.2) is 26.4 Å². The lowest BCUT2D eigenvalue weighted by atomic mass is 10.2. The number of para-hydroxylation sites is 1. The first kappa shape index (κ1) is 17.9. The van der Waals surface area contributed by atoms with Gasteiger partial charge in [-0.15, -0.1) is 16.8 Å². The average molecular weight is 364 g/mol. The van der Waals surface area contributed by atoms with Crippen LogP contribution in [0.4, 0.5) is 5.69 Å². The Kier molecular flexibility index (Phi) is 6.22. The van der Waals surface area contributed by atoms with Crippen molar-refractivity contribution >= 4 is 23.4 Å². The molecule has 0 aliphatic heterocycles. The summed E-state index contributed by atoms with van der Waals surface area (Å²) in [6.07, 6.45) is 2.23. The maximum Gasteiger partial charge on any atom is 0.225 e. The number of hydrogen-bond acceptors (Lipinski definition) is 4. The fourth-order valence-electron chi connectivity index (χ4n) is 2.47. The Morgan fingerprint density at radius 3 is 2.46 bits per heavy atom. The fraction of sp³-hybridized carbons (Fsp3) is 0.150. The van der Waals surface area contributed by atoms with Gasteiger partial charge in [0, 0.05) is 30.0 Å². The van der Waals surface area contributed by atoms with Crippen molar-refractivity contribution in [1.82, 2.24) is 14.8 Å². The SMILES string of the molecule is C=CCn1c(SCCC(=O)Nc2ccccc2)nnc1-c1ccccc1. The quantitative estimate of drug-likeness (QED) is 0.479. The molecule has 0 saturated heterocycles. The number of rotatable bonds is 8. The molecule has 3 aromatic rings. The lowest BCUT2D eigenvalue weighted by Gasteiger charge is -2.08. The van der Waals surface area contributed by atoms with E-state index in [0.717, 1.165) is 22.2 Å². The molecule has 0 aliphatic carbocycles. The molecule has 5 nitrogen and oxygen atoms in total. The van der Waals surface area contributed by atoms with Crippen molar-refractivity contribution in [1.29, 1.82) is 0 Å². The van der Waals surface area contributed by atoms with Crippen LogP contribution in [0.2, 0.25) is 0 Å². The molecule has 0 radical (unpaired) electrons. The fourth-order valence-corrected chi connectivity index (χ4v) is 3.36. The van der Waals surface area contributed by atoms with Crippen LogP contribution in [-0.2, 0) is 11.3 Å². The van der Waals surface area contributed by atoms with Gasteiger partial charge in [0.25, 0.3) is 0 Å². The third-order valence-corrected chi connectivity index (χ3v) is 4.65. The van der Waals surface area contributed by atoms with Gasteiger partial charge in [-0.3, -0.25) is 9.36 Å². The number of benzene rings is 2. The summed E-state index contributed by atoms with van der Waals surface area (Å²) in [6.45, 7) is 4.44. The number of hydrogen-bond donors (Lipinski definition) is 1. The average Bonchev–Trinajstić information content (AvgIpc) is 3.06. The molecule has 0 atom stereocenters. The van der Waals surface area contributed by atoms with Gasteiger partial charge in [-0.2, -0.15) is 0 Å². The van der Waals surface area contributed by atoms with Gasteiger partial charge in [0.15, 0.2) is 11.0 Å². The topological polar surface area (TPSA) is 59.8 Å². The summed E-state index contributed by atoms with van der Waals surface area (Å²) < 4.78 is 2.02. The monoisotopic (exact) mass is 364 g/mol. The molecule has 0 aliphatic rings. The predicted octanol–water partition coefficient (Wildman–Crippen LogP) is 4.25. The van der Waals surface area contributed by atoms with Gasteiger partial charge in [0.05, 0.1) is 0 Å². The highest BCUT2D eigenvalue weighted by molar-refractivity contribution is 7.99. The Bertz CT molecular complexity index is 862. The highest BCUT2D eigenvalue weighted by Gasteiger charge is 2.13. The predicted molar refractivity (Wildman–Crippen MR) is 106 cm³/mol. The van der Waals surface area contributed by atoms with E-state index in [-0.39, 0.29) is 5.91 Å². The van der Waals surface area contributed by atoms with Crippen LogP contribution >= 0.6 is 11.8 Å². The Balaban J connectivity index is 1.62. The molecule has 1 aromatic heterocycles. The molecule has 0 fully saturated rings. The highest BCUT2D eigenvalue weighted by atomic mass is 32.2. The Labute approximate surface area is 157 Å². The van der Waals surface area contributed by atoms with Crippen LogP contribution in [0, 0.1) is 0 Å². The molecule has 2 aromatic carbocycles. The highest BCUT2D eigenvalue weighted by Crippen LogP contribution is 2.24. The maximum atomic E-state index is 12.1. The van der Waals surface area contributed by atoms with E-state index in [9.17, 15) is 4.79 Å². The van der Waals surface area contributed by atoms with Crippen molar-refractivity contribution in [3.63, 3.8) is 0 Å². The number of carbonyl (C=O) groups excluding carboxylic acids is 1. The van der Waals surface area contributed by atoms with E-state index in [0.29, 0.717) is 18.7 Å². The molecule has 132 valence electrons. The number of nitrogens with one attached hydrogen (secondary N) is 1. The number of nitrogens with zero attached hydrogens (tertiary/aromatic N) is 3. The van der Waals surface area contributed by atoms with E-state index in [1.165, 1.54) is 11.8 Å². The van der Waals surface area contributed by atoms with Gasteiger partial charge >= 0.3 is 0 Å². The van der Waals surface area contributed by atoms with Crippen LogP contribution in [0.5, 0.6) is 0 Å². The molecule has 1 amide bonds. The molecule has 3 rings (SSSR count). The van der Waals surface area contributed by atoms with Crippen molar-refractivity contribution in [2.75, 3.05) is 11.1 Å². The lowest BCUT2D eigenvalue weighted by Crippen LogP contribution is -2.12. The lowest BCUT2D eigenvalue weighted by molar-refractivity contribution is -0.115. The standard InChI is InChI=1S/C20H20N4OS/c1-2-14-24-19(16-9-5-3-6-10-16)22-23-20(24)26-15-13-18(25)21-17-11-7-4-8-12-17/h2-12H,1,13-15H2,(H,21,25). The Morgan fingerprint density at radius 2 is 1.77 bits per heavy atom. The molecule has 6 heteroatoms. The minimum Gasteiger partial charge on any atom is -0.326 e. The van der Waals surface area contributed by atoms with Gasteiger partial charge < -0.3 is 5.32 Å². The molecular weight excluding hydrogens is 344 g/mol. The van der Waals surface area contributed by atoms with Gasteiger partial charge in [-0.05, 0) is 12.1 Å². The first-order valence-corrected chi connectivity index (χ1v) is 9.33. The van der Waals surface area contributed by atoms with Crippen LogP contribution in [0.1, 0.15) is 6.42 Å². The first-order valence-electron chi connectivity index (χ1n) is 8.35. The summed E-state index contributed by atoms with van der Waals surface area (Å²) in [5.74, 6) is 1.42. The number of amides is 1. The molecule has 0 bridgehead atoms. The smallest absolute Gasteiger partial charge is 0.225 e. The molecule has 1 N–H and O–H groups in total. The Hall–Kier alpha value is -2.86. The minimum absolute atomic E-state index is 0.0123. The van der Waals surface area contributed by atoms with Crippen LogP contribution in [0.15, 0.2) is 78.5 Å². The third kappa shape index (κ3) is 4.61. The van der Waals surface area contributed by atoms with Crippen molar-refractivity contribution in [2.24, 2.45) is 0 Å². The molecule has 1 heterocycles. The number of aromatic nitrogens is 3. The number of anilines is 1. The van der Waals surface area contributed by atoms with E-state index in [1.54, 1.807) is 0 Å². The van der Waals surface area contributed by atoms with E-state index in [2.05, 4.69) is 22.1 Å². The summed E-state index contributed by atoms with van der Waals surface area (Å²) in [5, 5.41) is 12.3. The maximum absolute atomic E-state index is 12.1. The van der Waals surface area contributed by atoms with Crippen molar-refractivity contribution < 1.29 is 4.79 Å². The second kappa shape index (κ2) is 9.01. The summed E-state index contributed by atoms with van der Waals surface area (Å²) in [6, 6.07) is 19.4. The van der Waals surface area contributed by atoms with Crippen LogP contribution < -0.4 is 5.32 Å². The largest absolute Gasteiger partial charge is 0.326 e. The summed E-state index contributed by atoms with van der Waals surface area (Å²) in [7, 11) is 0.